The lowest BCUT2D eigenvalue weighted by atomic mass is 9.38. The van der Waals surface area contributed by atoms with Crippen molar-refractivity contribution in [2.24, 2.45) is 28.1 Å². The Labute approximate surface area is 269 Å². The summed E-state index contributed by atoms with van der Waals surface area (Å²) in [6.07, 6.45) is 7.93. The van der Waals surface area contributed by atoms with E-state index in [1.807, 2.05) is 68.4 Å². The van der Waals surface area contributed by atoms with Gasteiger partial charge in [-0.05, 0) is 116 Å². The van der Waals surface area contributed by atoms with Gasteiger partial charge in [-0.1, -0.05) is 60.9 Å². The summed E-state index contributed by atoms with van der Waals surface area (Å²) in [5.74, 6) is -2.58. The molecule has 45 heavy (non-hydrogen) atoms. The number of hydrogen-bond donors (Lipinski definition) is 2. The minimum atomic E-state index is -1.59. The molecule has 6 nitrogen and oxygen atoms in total. The van der Waals surface area contributed by atoms with Crippen LogP contribution in [0.2, 0.25) is 0 Å². The van der Waals surface area contributed by atoms with Gasteiger partial charge >= 0.3 is 0 Å². The first-order chi connectivity index (χ1) is 20.9. The number of aliphatic hydroxyl groups excluding tert-OH is 1. The number of allylic oxidation sites excluding steroid dienone is 8. The van der Waals surface area contributed by atoms with Gasteiger partial charge in [0.1, 0.15) is 16.7 Å². The molecular formula is C39H52O6. The number of carbonyl (C=O) groups excluding carboxylic acids is 3. The highest BCUT2D eigenvalue weighted by atomic mass is 16.5. The number of hydrogen-bond acceptors (Lipinski definition) is 6. The van der Waals surface area contributed by atoms with Gasteiger partial charge in [0.2, 0.25) is 0 Å². The number of ketones is 3. The van der Waals surface area contributed by atoms with Crippen molar-refractivity contribution in [1.82, 2.24) is 0 Å². The average molecular weight is 617 g/mol. The van der Waals surface area contributed by atoms with Crippen LogP contribution in [0.4, 0.5) is 0 Å². The summed E-state index contributed by atoms with van der Waals surface area (Å²) in [4.78, 5) is 45.2. The zero-order valence-electron chi connectivity index (χ0n) is 28.9. The van der Waals surface area contributed by atoms with Crippen LogP contribution in [0.25, 0.3) is 5.76 Å². The second-order valence-corrected chi connectivity index (χ2v) is 14.5. The van der Waals surface area contributed by atoms with E-state index in [2.05, 4.69) is 18.7 Å². The van der Waals surface area contributed by atoms with Crippen molar-refractivity contribution in [2.75, 3.05) is 7.11 Å². The number of rotatable bonds is 11. The van der Waals surface area contributed by atoms with Gasteiger partial charge in [0.25, 0.3) is 0 Å². The van der Waals surface area contributed by atoms with Crippen molar-refractivity contribution in [3.63, 3.8) is 0 Å². The van der Waals surface area contributed by atoms with Crippen LogP contribution in [0, 0.1) is 28.1 Å². The number of aliphatic hydroxyl groups is 1. The molecule has 2 bridgehead atoms. The van der Waals surface area contributed by atoms with Crippen molar-refractivity contribution in [3.8, 4) is 11.5 Å². The van der Waals surface area contributed by atoms with Crippen molar-refractivity contribution in [2.45, 2.75) is 94.4 Å². The first-order valence-electron chi connectivity index (χ1n) is 15.9. The third-order valence-electron chi connectivity index (χ3n) is 10.2. The number of aromatic hydroxyl groups is 1. The molecular weight excluding hydrogens is 564 g/mol. The predicted octanol–water partition coefficient (Wildman–Crippen LogP) is 9.06. The topological polar surface area (TPSA) is 101 Å². The van der Waals surface area contributed by atoms with E-state index in [1.54, 1.807) is 0 Å². The molecule has 0 spiro atoms. The summed E-state index contributed by atoms with van der Waals surface area (Å²) in [5, 5.41) is 22.3. The minimum absolute atomic E-state index is 0.102. The largest absolute Gasteiger partial charge is 0.506 e. The smallest absolute Gasteiger partial charge is 0.184 e. The first-order valence-corrected chi connectivity index (χ1v) is 15.9. The molecule has 0 aromatic heterocycles. The second kappa shape index (κ2) is 13.4. The lowest BCUT2D eigenvalue weighted by Gasteiger charge is -2.60. The van der Waals surface area contributed by atoms with E-state index in [9.17, 15) is 19.8 Å². The molecule has 0 aliphatic heterocycles. The standard InChI is InChI=1S/C39H52O6/c1-23(2)12-14-28(26(7)8)21-38-22-29(16-13-24(3)4)37(9,10)39(36(38)44,19-18-25(5)6)35(43)32(34(38)42)33(41)27-15-17-31(45-11)30(40)20-27/h12-13,15,17-18,20,28-29,40-41H,7,14,16,19,21-22H2,1-6,8-11H3/b33-32+/t28-,29+,38+,39-/m0/s1. The molecule has 2 N–H and O–H groups in total. The molecule has 1 aromatic rings. The normalized spacial score (nSPS) is 25.6. The van der Waals surface area contributed by atoms with Crippen LogP contribution in [0.1, 0.15) is 100.0 Å². The zero-order chi connectivity index (χ0) is 34.1. The Morgan fingerprint density at radius 1 is 0.978 bits per heavy atom. The highest BCUT2D eigenvalue weighted by molar-refractivity contribution is 6.41. The number of fused-ring (bicyclic) bond motifs is 2. The SMILES string of the molecule is C=C(C)[C@@H](CC=C(C)C)C[C@@]12C[C@@H](CC=C(C)C)C(C)(C)[C@@](CC=C(C)C)(C(=O)/C(=C(/O)c3ccc(OC)c(O)c3)C1=O)C2=O. The lowest BCUT2D eigenvalue weighted by Crippen LogP contribution is -2.69. The molecule has 244 valence electrons. The van der Waals surface area contributed by atoms with Gasteiger partial charge in [-0.3, -0.25) is 14.4 Å². The van der Waals surface area contributed by atoms with Gasteiger partial charge in [-0.15, -0.1) is 0 Å². The molecule has 6 heteroatoms. The van der Waals surface area contributed by atoms with Crippen molar-refractivity contribution in [1.29, 1.82) is 0 Å². The van der Waals surface area contributed by atoms with Crippen molar-refractivity contribution >= 4 is 23.1 Å². The Morgan fingerprint density at radius 3 is 2.09 bits per heavy atom. The number of ether oxygens (including phenoxy) is 1. The van der Waals surface area contributed by atoms with Crippen LogP contribution in [0.3, 0.4) is 0 Å². The van der Waals surface area contributed by atoms with Crippen LogP contribution in [0.15, 0.2) is 70.9 Å². The third-order valence-corrected chi connectivity index (χ3v) is 10.2. The van der Waals surface area contributed by atoms with E-state index < -0.39 is 33.6 Å². The number of methoxy groups -OCH3 is 1. The maximum absolute atomic E-state index is 15.2. The molecule has 2 aliphatic carbocycles. The summed E-state index contributed by atoms with van der Waals surface area (Å²) in [6.45, 7) is 22.0. The molecule has 2 aliphatic rings. The van der Waals surface area contributed by atoms with Crippen LogP contribution in [0.5, 0.6) is 11.5 Å². The molecule has 0 radical (unpaired) electrons. The van der Waals surface area contributed by atoms with E-state index in [-0.39, 0.29) is 59.5 Å². The highest BCUT2D eigenvalue weighted by Gasteiger charge is 2.74. The molecule has 2 saturated carbocycles. The predicted molar refractivity (Wildman–Crippen MR) is 181 cm³/mol. The van der Waals surface area contributed by atoms with E-state index in [0.29, 0.717) is 12.8 Å². The number of phenolic OH excluding ortho intramolecular Hbond substituents is 1. The van der Waals surface area contributed by atoms with Gasteiger partial charge in [0, 0.05) is 5.56 Å². The third kappa shape index (κ3) is 6.39. The zero-order valence-corrected chi connectivity index (χ0v) is 28.9. The summed E-state index contributed by atoms with van der Waals surface area (Å²) in [7, 11) is 1.41. The van der Waals surface area contributed by atoms with Crippen LogP contribution >= 0.6 is 0 Å². The van der Waals surface area contributed by atoms with Crippen LogP contribution < -0.4 is 4.74 Å². The monoisotopic (exact) mass is 616 g/mol. The first kappa shape index (κ1) is 35.8. The summed E-state index contributed by atoms with van der Waals surface area (Å²) >= 11 is 0. The van der Waals surface area contributed by atoms with E-state index in [1.165, 1.54) is 25.3 Å². The summed E-state index contributed by atoms with van der Waals surface area (Å²) in [6, 6.07) is 4.24. The maximum atomic E-state index is 15.2. The quantitative estimate of drug-likeness (QED) is 0.0846. The van der Waals surface area contributed by atoms with Gasteiger partial charge in [0.05, 0.1) is 12.5 Å². The molecule has 0 unspecified atom stereocenters. The Bertz CT molecular complexity index is 1500. The summed E-state index contributed by atoms with van der Waals surface area (Å²) < 4.78 is 5.16. The Kier molecular flexibility index (Phi) is 10.6. The van der Waals surface area contributed by atoms with E-state index in [4.69, 9.17) is 4.74 Å². The fourth-order valence-corrected chi connectivity index (χ4v) is 7.25. The average Bonchev–Trinajstić information content (AvgIpc) is 2.94. The van der Waals surface area contributed by atoms with Crippen LogP contribution in [-0.4, -0.2) is 34.7 Å². The van der Waals surface area contributed by atoms with E-state index in [0.717, 1.165) is 22.3 Å². The Hall–Kier alpha value is -3.67. The van der Waals surface area contributed by atoms with Crippen molar-refractivity contribution < 1.29 is 29.3 Å². The Morgan fingerprint density at radius 2 is 1.58 bits per heavy atom. The minimum Gasteiger partial charge on any atom is -0.506 e. The fraction of sp³-hybridized carbons (Fsp3) is 0.513. The van der Waals surface area contributed by atoms with Gasteiger partial charge in [0.15, 0.2) is 28.8 Å². The second-order valence-electron chi connectivity index (χ2n) is 14.5. The lowest BCUT2D eigenvalue weighted by molar-refractivity contribution is -0.177. The maximum Gasteiger partial charge on any atom is 0.184 e. The molecule has 1 aromatic carbocycles. The number of Topliss-reactive ketones (excluding diaryl/α,β-unsaturated/α-hetero) is 3. The van der Waals surface area contributed by atoms with Crippen molar-refractivity contribution in [3.05, 3.63) is 76.4 Å². The fourth-order valence-electron chi connectivity index (χ4n) is 7.25. The molecule has 4 atom stereocenters. The summed E-state index contributed by atoms with van der Waals surface area (Å²) in [5.41, 5.74) is -0.198. The molecule has 3 rings (SSSR count). The molecule has 0 amide bonds. The van der Waals surface area contributed by atoms with Gasteiger partial charge < -0.3 is 14.9 Å². The Balaban J connectivity index is 2.47. The highest BCUT2D eigenvalue weighted by Crippen LogP contribution is 2.66. The number of phenols is 1. The number of benzene rings is 1. The molecule has 2 fully saturated rings. The van der Waals surface area contributed by atoms with Gasteiger partial charge in [-0.25, -0.2) is 0 Å². The van der Waals surface area contributed by atoms with Gasteiger partial charge in [-0.2, -0.15) is 0 Å². The molecule has 0 heterocycles. The van der Waals surface area contributed by atoms with Crippen LogP contribution in [-0.2, 0) is 14.4 Å². The molecule has 0 saturated heterocycles. The van der Waals surface area contributed by atoms with E-state index >= 15 is 4.79 Å². The number of carbonyl (C=O) groups is 3.